The Hall–Kier alpha value is -5.22. The molecule has 3 aromatic heterocycles. The molecule has 0 unspecified atom stereocenters. The lowest BCUT2D eigenvalue weighted by molar-refractivity contribution is 0.463. The van der Waals surface area contributed by atoms with Gasteiger partial charge in [0.1, 0.15) is 11.6 Å². The van der Waals surface area contributed by atoms with Gasteiger partial charge in [-0.2, -0.15) is 0 Å². The molecule has 4 nitrogen and oxygen atoms in total. The Morgan fingerprint density at radius 2 is 1.26 bits per heavy atom. The van der Waals surface area contributed by atoms with E-state index in [4.69, 9.17) is 4.74 Å². The van der Waals surface area contributed by atoms with E-state index in [-0.39, 0.29) is 0 Å². The van der Waals surface area contributed by atoms with Crippen molar-refractivity contribution in [3.8, 4) is 39.7 Å². The van der Waals surface area contributed by atoms with Crippen molar-refractivity contribution in [3.05, 3.63) is 140 Å². The van der Waals surface area contributed by atoms with Crippen molar-refractivity contribution in [1.82, 2.24) is 14.5 Å². The highest BCUT2D eigenvalue weighted by Gasteiger charge is 2.14. The van der Waals surface area contributed by atoms with Crippen LogP contribution in [0.15, 0.2) is 140 Å². The number of nitrogens with zero attached hydrogens (tertiary/aromatic N) is 3. The maximum atomic E-state index is 6.13. The van der Waals surface area contributed by atoms with Gasteiger partial charge in [0, 0.05) is 34.8 Å². The Kier molecular flexibility index (Phi) is 5.41. The summed E-state index contributed by atoms with van der Waals surface area (Å²) in [5.74, 6) is 2.21. The topological polar surface area (TPSA) is 39.9 Å². The maximum Gasteiger partial charge on any atom is 0.219 e. The molecule has 7 aromatic rings. The Labute approximate surface area is 220 Å². The molecule has 0 fully saturated rings. The van der Waals surface area contributed by atoms with E-state index in [1.165, 1.54) is 10.8 Å². The van der Waals surface area contributed by atoms with E-state index in [2.05, 4.69) is 81.3 Å². The van der Waals surface area contributed by atoms with Gasteiger partial charge in [0.2, 0.25) is 5.88 Å². The van der Waals surface area contributed by atoms with E-state index in [1.807, 2.05) is 73.1 Å². The molecule has 0 amide bonds. The van der Waals surface area contributed by atoms with Gasteiger partial charge >= 0.3 is 0 Å². The summed E-state index contributed by atoms with van der Waals surface area (Å²) in [5, 5.41) is 2.41. The summed E-state index contributed by atoms with van der Waals surface area (Å²) in [7, 11) is 0. The van der Waals surface area contributed by atoms with Gasteiger partial charge in [-0.3, -0.25) is 4.57 Å². The zero-order chi connectivity index (χ0) is 25.3. The van der Waals surface area contributed by atoms with Gasteiger partial charge in [-0.15, -0.1) is 0 Å². The standard InChI is InChI=1S/C34H23N3O/c1-2-9-24(10-3-1)27-17-19-34(36-23-27)38-28-12-8-11-25(21-28)26-16-18-30-29-13-4-5-14-31(29)37(32(30)22-26)33-15-6-7-20-35-33/h1-23H. The molecule has 0 spiro atoms. The van der Waals surface area contributed by atoms with Crippen LogP contribution in [0.25, 0.3) is 49.9 Å². The van der Waals surface area contributed by atoms with Crippen molar-refractivity contribution < 1.29 is 4.74 Å². The van der Waals surface area contributed by atoms with Crippen LogP contribution in [-0.2, 0) is 0 Å². The van der Waals surface area contributed by atoms with Crippen LogP contribution in [0.2, 0.25) is 0 Å². The van der Waals surface area contributed by atoms with Crippen LogP contribution in [0, 0.1) is 0 Å². The fraction of sp³-hybridized carbons (Fsp3) is 0. The van der Waals surface area contributed by atoms with E-state index in [0.717, 1.165) is 44.9 Å². The SMILES string of the molecule is c1ccc(-c2ccc(Oc3cccc(-c4ccc5c6ccccc6n(-c6ccccn6)c5c4)c3)nc2)cc1. The van der Waals surface area contributed by atoms with E-state index in [1.54, 1.807) is 0 Å². The normalized spacial score (nSPS) is 11.2. The molecule has 0 aliphatic rings. The second-order valence-electron chi connectivity index (χ2n) is 9.15. The maximum absolute atomic E-state index is 6.13. The lowest BCUT2D eigenvalue weighted by Gasteiger charge is -2.10. The van der Waals surface area contributed by atoms with Crippen molar-refractivity contribution in [2.24, 2.45) is 0 Å². The highest BCUT2D eigenvalue weighted by atomic mass is 16.5. The first-order chi connectivity index (χ1) is 18.8. The molecule has 0 aliphatic heterocycles. The second-order valence-corrected chi connectivity index (χ2v) is 9.15. The zero-order valence-electron chi connectivity index (χ0n) is 20.5. The smallest absolute Gasteiger partial charge is 0.219 e. The summed E-state index contributed by atoms with van der Waals surface area (Å²) >= 11 is 0. The molecule has 180 valence electrons. The number of hydrogen-bond acceptors (Lipinski definition) is 3. The van der Waals surface area contributed by atoms with Gasteiger partial charge in [-0.1, -0.05) is 78.9 Å². The van der Waals surface area contributed by atoms with Crippen LogP contribution in [0.5, 0.6) is 11.6 Å². The first-order valence-electron chi connectivity index (χ1n) is 12.6. The van der Waals surface area contributed by atoms with E-state index >= 15 is 0 Å². The molecule has 3 heterocycles. The Morgan fingerprint density at radius 3 is 2.11 bits per heavy atom. The third-order valence-corrected chi connectivity index (χ3v) is 6.79. The quantitative estimate of drug-likeness (QED) is 0.243. The van der Waals surface area contributed by atoms with Crippen LogP contribution < -0.4 is 4.74 Å². The molecule has 0 saturated heterocycles. The number of para-hydroxylation sites is 1. The Bertz CT molecular complexity index is 1880. The van der Waals surface area contributed by atoms with Crippen molar-refractivity contribution in [1.29, 1.82) is 0 Å². The number of pyridine rings is 2. The first-order valence-corrected chi connectivity index (χ1v) is 12.6. The van der Waals surface area contributed by atoms with Crippen LogP contribution in [0.4, 0.5) is 0 Å². The lowest BCUT2D eigenvalue weighted by Crippen LogP contribution is -1.96. The molecule has 7 rings (SSSR count). The fourth-order valence-corrected chi connectivity index (χ4v) is 4.98. The van der Waals surface area contributed by atoms with Gasteiger partial charge in [0.15, 0.2) is 0 Å². The fourth-order valence-electron chi connectivity index (χ4n) is 4.98. The molecule has 0 atom stereocenters. The van der Waals surface area contributed by atoms with Crippen molar-refractivity contribution in [3.63, 3.8) is 0 Å². The monoisotopic (exact) mass is 489 g/mol. The lowest BCUT2D eigenvalue weighted by atomic mass is 10.0. The van der Waals surface area contributed by atoms with Gasteiger partial charge in [-0.25, -0.2) is 9.97 Å². The number of benzene rings is 4. The molecular weight excluding hydrogens is 466 g/mol. The highest BCUT2D eigenvalue weighted by Crippen LogP contribution is 2.35. The average molecular weight is 490 g/mol. The predicted molar refractivity (Wildman–Crippen MR) is 154 cm³/mol. The van der Waals surface area contributed by atoms with Crippen LogP contribution in [0.1, 0.15) is 0 Å². The van der Waals surface area contributed by atoms with Crippen LogP contribution in [0.3, 0.4) is 0 Å². The molecule has 0 N–H and O–H groups in total. The highest BCUT2D eigenvalue weighted by molar-refractivity contribution is 6.10. The molecule has 0 bridgehead atoms. The minimum atomic E-state index is 0.563. The minimum absolute atomic E-state index is 0.563. The molecular formula is C34H23N3O. The summed E-state index contributed by atoms with van der Waals surface area (Å²) in [4.78, 5) is 9.18. The molecule has 0 aliphatic carbocycles. The molecule has 38 heavy (non-hydrogen) atoms. The predicted octanol–water partition coefficient (Wildman–Crippen LogP) is 8.70. The largest absolute Gasteiger partial charge is 0.439 e. The third kappa shape index (κ3) is 3.98. The van der Waals surface area contributed by atoms with Gasteiger partial charge in [0.05, 0.1) is 11.0 Å². The van der Waals surface area contributed by atoms with Crippen molar-refractivity contribution in [2.75, 3.05) is 0 Å². The van der Waals surface area contributed by atoms with Crippen molar-refractivity contribution >= 4 is 21.8 Å². The summed E-state index contributed by atoms with van der Waals surface area (Å²) in [6.45, 7) is 0. The molecule has 0 radical (unpaired) electrons. The first kappa shape index (κ1) is 22.0. The van der Waals surface area contributed by atoms with E-state index in [9.17, 15) is 0 Å². The molecule has 4 aromatic carbocycles. The van der Waals surface area contributed by atoms with Gasteiger partial charge < -0.3 is 4.74 Å². The average Bonchev–Trinajstić information content (AvgIpc) is 3.32. The molecule has 0 saturated carbocycles. The minimum Gasteiger partial charge on any atom is -0.439 e. The summed E-state index contributed by atoms with van der Waals surface area (Å²) in [5.41, 5.74) is 6.63. The van der Waals surface area contributed by atoms with Gasteiger partial charge in [0.25, 0.3) is 0 Å². The molecule has 4 heteroatoms. The summed E-state index contributed by atoms with van der Waals surface area (Å²) in [6, 6.07) is 43.4. The van der Waals surface area contributed by atoms with Gasteiger partial charge in [-0.05, 0) is 59.2 Å². The third-order valence-electron chi connectivity index (χ3n) is 6.79. The number of hydrogen-bond donors (Lipinski definition) is 0. The number of aromatic nitrogens is 3. The van der Waals surface area contributed by atoms with E-state index in [0.29, 0.717) is 5.88 Å². The van der Waals surface area contributed by atoms with Crippen LogP contribution >= 0.6 is 0 Å². The van der Waals surface area contributed by atoms with Crippen molar-refractivity contribution in [2.45, 2.75) is 0 Å². The zero-order valence-corrected chi connectivity index (χ0v) is 20.5. The summed E-state index contributed by atoms with van der Waals surface area (Å²) < 4.78 is 8.36. The Balaban J connectivity index is 1.25. The van der Waals surface area contributed by atoms with E-state index < -0.39 is 0 Å². The summed E-state index contributed by atoms with van der Waals surface area (Å²) in [6.07, 6.45) is 3.68. The number of rotatable bonds is 5. The van der Waals surface area contributed by atoms with Crippen LogP contribution in [-0.4, -0.2) is 14.5 Å². The Morgan fingerprint density at radius 1 is 0.500 bits per heavy atom. The number of ether oxygens (including phenoxy) is 1. The second kappa shape index (κ2) is 9.34. The number of fused-ring (bicyclic) bond motifs is 3.